The third kappa shape index (κ3) is 8.62. The predicted octanol–water partition coefficient (Wildman–Crippen LogP) is 4.61. The maximum Gasteiger partial charge on any atom is 0.412 e. The van der Waals surface area contributed by atoms with E-state index in [4.69, 9.17) is 9.47 Å². The van der Waals surface area contributed by atoms with Crippen molar-refractivity contribution in [1.29, 1.82) is 0 Å². The molecule has 1 aliphatic rings. The van der Waals surface area contributed by atoms with Crippen LogP contribution in [0, 0.1) is 0 Å². The monoisotopic (exact) mass is 405 g/mol. The summed E-state index contributed by atoms with van der Waals surface area (Å²) in [5.41, 5.74) is 0.660. The Bertz CT molecular complexity index is 586. The quantitative estimate of drug-likeness (QED) is 0.515. The zero-order valence-corrected chi connectivity index (χ0v) is 18.5. The summed E-state index contributed by atoms with van der Waals surface area (Å²) < 4.78 is 11.7. The topological polar surface area (TPSA) is 54.0 Å². The molecule has 1 aromatic rings. The van der Waals surface area contributed by atoms with E-state index in [1.165, 1.54) is 19.3 Å². The van der Waals surface area contributed by atoms with Crippen LogP contribution in [0.2, 0.25) is 0 Å². The highest BCUT2D eigenvalue weighted by atomic mass is 16.6. The van der Waals surface area contributed by atoms with Crippen molar-refractivity contribution in [1.82, 2.24) is 9.80 Å². The molecule has 1 heterocycles. The average Bonchev–Trinajstić information content (AvgIpc) is 2.74. The van der Waals surface area contributed by atoms with Gasteiger partial charge in [-0.15, -0.1) is 0 Å². The van der Waals surface area contributed by atoms with E-state index >= 15 is 0 Å². The summed E-state index contributed by atoms with van der Waals surface area (Å²) in [4.78, 5) is 17.4. The highest BCUT2D eigenvalue weighted by molar-refractivity contribution is 5.86. The van der Waals surface area contributed by atoms with Gasteiger partial charge in [0.25, 0.3) is 0 Å². The van der Waals surface area contributed by atoms with Gasteiger partial charge < -0.3 is 14.4 Å². The molecule has 29 heavy (non-hydrogen) atoms. The molecular formula is C23H39N3O3. The van der Waals surface area contributed by atoms with Crippen molar-refractivity contribution in [2.75, 3.05) is 51.2 Å². The number of hydrogen-bond donors (Lipinski definition) is 1. The normalized spacial score (nSPS) is 15.9. The molecule has 2 rings (SSSR count). The summed E-state index contributed by atoms with van der Waals surface area (Å²) >= 11 is 0. The van der Waals surface area contributed by atoms with Crippen LogP contribution in [0.5, 0.6) is 5.75 Å². The van der Waals surface area contributed by atoms with Gasteiger partial charge in [-0.25, -0.2) is 4.79 Å². The Balaban J connectivity index is 1.97. The fourth-order valence-electron chi connectivity index (χ4n) is 3.65. The number of likely N-dealkylation sites (tertiary alicyclic amines) is 1. The highest BCUT2D eigenvalue weighted by Crippen LogP contribution is 2.24. The van der Waals surface area contributed by atoms with Gasteiger partial charge >= 0.3 is 6.09 Å². The van der Waals surface area contributed by atoms with Gasteiger partial charge in [0.15, 0.2) is 0 Å². The number of carbonyl (C=O) groups excluding carboxylic acids is 1. The lowest BCUT2D eigenvalue weighted by atomic mass is 10.1. The van der Waals surface area contributed by atoms with Gasteiger partial charge in [0.05, 0.1) is 12.3 Å². The summed E-state index contributed by atoms with van der Waals surface area (Å²) in [6.07, 6.45) is 5.25. The predicted molar refractivity (Wildman–Crippen MR) is 119 cm³/mol. The molecule has 1 N–H and O–H groups in total. The lowest BCUT2D eigenvalue weighted by molar-refractivity contribution is 0.0503. The van der Waals surface area contributed by atoms with E-state index in [-0.39, 0.29) is 6.10 Å². The number of benzene rings is 1. The molecule has 0 radical (unpaired) electrons. The van der Waals surface area contributed by atoms with Gasteiger partial charge in [-0.05, 0) is 57.6 Å². The first kappa shape index (κ1) is 23.5. The molecule has 1 amide bonds. The number of hydrogen-bond acceptors (Lipinski definition) is 5. The van der Waals surface area contributed by atoms with E-state index in [2.05, 4.69) is 35.9 Å². The van der Waals surface area contributed by atoms with Crippen molar-refractivity contribution >= 4 is 11.8 Å². The van der Waals surface area contributed by atoms with Crippen LogP contribution in [0.1, 0.15) is 52.9 Å². The lowest BCUT2D eigenvalue weighted by Gasteiger charge is -2.32. The number of likely N-dealkylation sites (N-methyl/N-ethyl adjacent to an activating group) is 1. The van der Waals surface area contributed by atoms with Crippen LogP contribution in [0.15, 0.2) is 24.3 Å². The summed E-state index contributed by atoms with van der Waals surface area (Å²) in [6, 6.07) is 7.54. The van der Waals surface area contributed by atoms with E-state index in [1.54, 1.807) is 0 Å². The molecule has 1 unspecified atom stereocenters. The number of rotatable bonds is 12. The van der Waals surface area contributed by atoms with Gasteiger partial charge in [-0.1, -0.05) is 45.7 Å². The van der Waals surface area contributed by atoms with Gasteiger partial charge in [0, 0.05) is 13.1 Å². The van der Waals surface area contributed by atoms with Crippen LogP contribution < -0.4 is 10.1 Å². The third-order valence-electron chi connectivity index (χ3n) is 5.42. The Labute approximate surface area is 176 Å². The summed E-state index contributed by atoms with van der Waals surface area (Å²) in [6.45, 7) is 12.7. The Morgan fingerprint density at radius 3 is 2.55 bits per heavy atom. The molecule has 6 nitrogen and oxygen atoms in total. The smallest absolute Gasteiger partial charge is 0.412 e. The zero-order valence-electron chi connectivity index (χ0n) is 18.5. The highest BCUT2D eigenvalue weighted by Gasteiger charge is 2.22. The molecule has 1 fully saturated rings. The lowest BCUT2D eigenvalue weighted by Crippen LogP contribution is -2.44. The van der Waals surface area contributed by atoms with Gasteiger partial charge in [-0.2, -0.15) is 0 Å². The molecule has 1 saturated heterocycles. The molecule has 0 spiro atoms. The second-order valence-electron chi connectivity index (χ2n) is 7.70. The Morgan fingerprint density at radius 1 is 1.14 bits per heavy atom. The van der Waals surface area contributed by atoms with Crippen LogP contribution in [-0.2, 0) is 4.74 Å². The second-order valence-corrected chi connectivity index (χ2v) is 7.70. The first-order valence-electron chi connectivity index (χ1n) is 11.3. The molecule has 164 valence electrons. The van der Waals surface area contributed by atoms with Crippen molar-refractivity contribution < 1.29 is 14.3 Å². The van der Waals surface area contributed by atoms with Crippen LogP contribution in [0.3, 0.4) is 0 Å². The molecule has 1 aromatic carbocycles. The molecule has 0 aromatic heterocycles. The fraction of sp³-hybridized carbons (Fsp3) is 0.696. The molecule has 6 heteroatoms. The van der Waals surface area contributed by atoms with Crippen LogP contribution in [0.25, 0.3) is 0 Å². The molecule has 0 aliphatic carbocycles. The maximum atomic E-state index is 12.7. The second kappa shape index (κ2) is 13.4. The number of anilines is 1. The van der Waals surface area contributed by atoms with E-state index in [9.17, 15) is 4.79 Å². The number of para-hydroxylation sites is 2. The fourth-order valence-corrected chi connectivity index (χ4v) is 3.65. The molecule has 0 bridgehead atoms. The minimum Gasteiger partial charge on any atom is -0.491 e. The Kier molecular flexibility index (Phi) is 10.9. The molecule has 0 saturated carbocycles. The number of amides is 1. The number of ether oxygens (including phenoxy) is 2. The van der Waals surface area contributed by atoms with Gasteiger partial charge in [-0.3, -0.25) is 10.2 Å². The Hall–Kier alpha value is -1.79. The number of nitrogens with one attached hydrogen (secondary N) is 1. The largest absolute Gasteiger partial charge is 0.491 e. The van der Waals surface area contributed by atoms with Crippen molar-refractivity contribution in [3.05, 3.63) is 24.3 Å². The van der Waals surface area contributed by atoms with Crippen LogP contribution in [0.4, 0.5) is 10.5 Å². The average molecular weight is 406 g/mol. The molecule has 1 atom stereocenters. The zero-order chi connectivity index (χ0) is 20.9. The van der Waals surface area contributed by atoms with Crippen LogP contribution >= 0.6 is 0 Å². The summed E-state index contributed by atoms with van der Waals surface area (Å²) in [7, 11) is 0. The minimum absolute atomic E-state index is 0.152. The van der Waals surface area contributed by atoms with Gasteiger partial charge in [0.1, 0.15) is 11.9 Å². The van der Waals surface area contributed by atoms with Crippen molar-refractivity contribution in [2.45, 2.75) is 59.0 Å². The van der Waals surface area contributed by atoms with Crippen molar-refractivity contribution in [3.63, 3.8) is 0 Å². The Morgan fingerprint density at radius 2 is 1.86 bits per heavy atom. The number of unbranched alkanes of at least 4 members (excludes halogenated alkanes) is 1. The maximum absolute atomic E-state index is 12.7. The van der Waals surface area contributed by atoms with E-state index in [1.807, 2.05) is 24.3 Å². The van der Waals surface area contributed by atoms with E-state index in [0.717, 1.165) is 52.1 Å². The first-order valence-corrected chi connectivity index (χ1v) is 11.3. The number of piperidine rings is 1. The van der Waals surface area contributed by atoms with Gasteiger partial charge in [0.2, 0.25) is 0 Å². The third-order valence-corrected chi connectivity index (χ3v) is 5.42. The van der Waals surface area contributed by atoms with E-state index in [0.29, 0.717) is 18.0 Å². The van der Waals surface area contributed by atoms with Crippen molar-refractivity contribution in [3.8, 4) is 5.75 Å². The summed E-state index contributed by atoms with van der Waals surface area (Å²) in [5.74, 6) is 0.689. The number of nitrogens with zero attached hydrogens (tertiary/aromatic N) is 2. The minimum atomic E-state index is -0.411. The standard InChI is InChI=1S/C23H39N3O3/c1-4-7-17-28-22-14-10-9-13-21(22)24-23(27)29-20(18-25(5-2)6-3)19-26-15-11-8-12-16-26/h9-10,13-14,20H,4-8,11-12,15-19H2,1-3H3,(H,24,27). The molecular weight excluding hydrogens is 366 g/mol. The van der Waals surface area contributed by atoms with E-state index < -0.39 is 6.09 Å². The van der Waals surface area contributed by atoms with Crippen molar-refractivity contribution in [2.24, 2.45) is 0 Å². The first-order chi connectivity index (χ1) is 14.2. The molecule has 1 aliphatic heterocycles. The number of carbonyl (C=O) groups is 1. The van der Waals surface area contributed by atoms with Crippen LogP contribution in [-0.4, -0.2) is 67.9 Å². The summed E-state index contributed by atoms with van der Waals surface area (Å²) in [5, 5.41) is 2.89. The SMILES string of the molecule is CCCCOc1ccccc1NC(=O)OC(CN(CC)CC)CN1CCCCC1.